The molecule has 0 saturated heterocycles. The van der Waals surface area contributed by atoms with Crippen LogP contribution in [-0.4, -0.2) is 26.7 Å². The van der Waals surface area contributed by atoms with Gasteiger partial charge in [0.05, 0.1) is 22.6 Å². The molecule has 0 saturated carbocycles. The zero-order valence-corrected chi connectivity index (χ0v) is 14.6. The highest BCUT2D eigenvalue weighted by Crippen LogP contribution is 2.33. The van der Waals surface area contributed by atoms with Crippen molar-refractivity contribution in [1.29, 1.82) is 0 Å². The highest BCUT2D eigenvalue weighted by Gasteiger charge is 2.10. The molecule has 0 aliphatic heterocycles. The number of esters is 1. The molecule has 5 heteroatoms. The number of ether oxygens (including phenoxy) is 3. The molecule has 0 spiro atoms. The Labute approximate surface area is 155 Å². The molecule has 0 aliphatic carbocycles. The lowest BCUT2D eigenvalue weighted by Gasteiger charge is -2.15. The summed E-state index contributed by atoms with van der Waals surface area (Å²) >= 11 is 0. The van der Waals surface area contributed by atoms with Crippen molar-refractivity contribution in [3.05, 3.63) is 66.2 Å². The van der Waals surface area contributed by atoms with Gasteiger partial charge in [0.25, 0.3) is 0 Å². The number of benzene rings is 3. The van der Waals surface area contributed by atoms with E-state index in [1.54, 1.807) is 19.2 Å². The van der Waals surface area contributed by atoms with Gasteiger partial charge in [-0.2, -0.15) is 0 Å². The number of hydrogen-bond acceptors (Lipinski definition) is 5. The van der Waals surface area contributed by atoms with Crippen LogP contribution in [0.2, 0.25) is 0 Å². The highest BCUT2D eigenvalue weighted by molar-refractivity contribution is 5.90. The monoisotopic (exact) mass is 353 g/mol. The Bertz CT molecular complexity index is 977. The van der Waals surface area contributed by atoms with Crippen molar-refractivity contribution in [3.63, 3.8) is 0 Å². The fourth-order valence-electron chi connectivity index (χ4n) is 2.50. The van der Waals surface area contributed by atoms with Crippen LogP contribution in [0.5, 0.6) is 11.5 Å². The predicted octanol–water partition coefficient (Wildman–Crippen LogP) is 4.01. The molecule has 1 N–H and O–H groups in total. The Hall–Kier alpha value is -3.21. The number of nitrogens with one attached hydrogen (secondary N) is 1. The van der Waals surface area contributed by atoms with E-state index in [1.165, 1.54) is 0 Å². The van der Waals surface area contributed by atoms with E-state index in [0.29, 0.717) is 23.8 Å². The Morgan fingerprint density at radius 1 is 1.04 bits per heavy atom. The number of anilines is 1. The van der Waals surface area contributed by atoms with Gasteiger partial charge in [0.1, 0.15) is 24.6 Å². The number of carbonyl (C=O) groups excluding carboxylic acids is 1. The molecule has 0 heterocycles. The maximum atomic E-state index is 11.8. The smallest absolute Gasteiger partial charge is 0.325 e. The van der Waals surface area contributed by atoms with Gasteiger partial charge in [0.15, 0.2) is 0 Å². The van der Waals surface area contributed by atoms with Crippen molar-refractivity contribution in [2.45, 2.75) is 6.61 Å². The van der Waals surface area contributed by atoms with Crippen molar-refractivity contribution < 1.29 is 21.7 Å². The quantitative estimate of drug-likeness (QED) is 0.650. The Morgan fingerprint density at radius 2 is 1.85 bits per heavy atom. The van der Waals surface area contributed by atoms with Crippen molar-refractivity contribution in [3.8, 4) is 11.5 Å². The number of methoxy groups -OCH3 is 2. The number of fused-ring (bicyclic) bond motifs is 1. The first-order chi connectivity index (χ1) is 13.4. The van der Waals surface area contributed by atoms with E-state index < -0.39 is 12.5 Å². The summed E-state index contributed by atoms with van der Waals surface area (Å²) in [6.45, 7) is -2.11. The predicted molar refractivity (Wildman–Crippen MR) is 102 cm³/mol. The van der Waals surface area contributed by atoms with Crippen LogP contribution >= 0.6 is 0 Å². The van der Waals surface area contributed by atoms with Gasteiger partial charge >= 0.3 is 5.97 Å². The standard InChI is InChI=1S/C21H21NO4/c1-24-18-9-8-16-12-20(26-14-15-6-4-3-5-7-15)19(11-17(16)10-18)22-13-21(23)25-2/h3-12,22H,13-14H2,1-2H3/i13D2. The highest BCUT2D eigenvalue weighted by atomic mass is 16.5. The van der Waals surface area contributed by atoms with Crippen molar-refractivity contribution >= 4 is 22.4 Å². The van der Waals surface area contributed by atoms with E-state index in [9.17, 15) is 4.79 Å². The summed E-state index contributed by atoms with van der Waals surface area (Å²) in [6, 6.07) is 18.7. The minimum atomic E-state index is -2.41. The second-order valence-corrected chi connectivity index (χ2v) is 5.58. The van der Waals surface area contributed by atoms with Gasteiger partial charge in [0.2, 0.25) is 0 Å². The summed E-state index contributed by atoms with van der Waals surface area (Å²) in [5, 5.41) is 4.31. The third-order valence-corrected chi connectivity index (χ3v) is 3.87. The molecular weight excluding hydrogens is 330 g/mol. The molecule has 3 aromatic rings. The molecule has 0 atom stereocenters. The fraction of sp³-hybridized carbons (Fsp3) is 0.190. The number of hydrogen-bond donors (Lipinski definition) is 1. The Balaban J connectivity index is 1.99. The van der Waals surface area contributed by atoms with Gasteiger partial charge in [-0.3, -0.25) is 4.79 Å². The maximum Gasteiger partial charge on any atom is 0.325 e. The number of rotatable bonds is 7. The molecule has 0 unspecified atom stereocenters. The molecule has 0 radical (unpaired) electrons. The fourth-order valence-corrected chi connectivity index (χ4v) is 2.50. The molecule has 0 fully saturated rings. The normalized spacial score (nSPS) is 12.1. The van der Waals surface area contributed by atoms with Gasteiger partial charge in [-0.1, -0.05) is 36.4 Å². The first-order valence-electron chi connectivity index (χ1n) is 9.08. The van der Waals surface area contributed by atoms with Crippen LogP contribution in [0, 0.1) is 0 Å². The zero-order valence-electron chi connectivity index (χ0n) is 16.6. The summed E-state index contributed by atoms with van der Waals surface area (Å²) < 4.78 is 31.6. The topological polar surface area (TPSA) is 56.8 Å². The molecule has 0 bridgehead atoms. The van der Waals surface area contributed by atoms with E-state index in [4.69, 9.17) is 12.2 Å². The second kappa shape index (κ2) is 8.25. The minimum Gasteiger partial charge on any atom is -0.497 e. The average molecular weight is 353 g/mol. The lowest BCUT2D eigenvalue weighted by Crippen LogP contribution is -2.15. The molecule has 5 nitrogen and oxygen atoms in total. The largest absolute Gasteiger partial charge is 0.497 e. The van der Waals surface area contributed by atoms with Gasteiger partial charge in [0, 0.05) is 0 Å². The number of carbonyl (C=O) groups is 1. The zero-order chi connectivity index (χ0) is 20.1. The van der Waals surface area contributed by atoms with Crippen LogP contribution < -0.4 is 14.8 Å². The summed E-state index contributed by atoms with van der Waals surface area (Å²) in [5.41, 5.74) is 1.31. The third-order valence-electron chi connectivity index (χ3n) is 3.87. The summed E-state index contributed by atoms with van der Waals surface area (Å²) in [5.74, 6) is 0.0777. The van der Waals surface area contributed by atoms with E-state index in [0.717, 1.165) is 23.4 Å². The van der Waals surface area contributed by atoms with Crippen LogP contribution in [0.1, 0.15) is 8.30 Å². The Kier molecular flexibility index (Phi) is 4.78. The first kappa shape index (κ1) is 15.1. The van der Waals surface area contributed by atoms with Gasteiger partial charge in [-0.15, -0.1) is 0 Å². The van der Waals surface area contributed by atoms with E-state index in [1.807, 2.05) is 48.5 Å². The van der Waals surface area contributed by atoms with Gasteiger partial charge in [-0.25, -0.2) is 0 Å². The molecule has 134 valence electrons. The maximum absolute atomic E-state index is 11.8. The lowest BCUT2D eigenvalue weighted by molar-refractivity contribution is -0.138. The summed E-state index contributed by atoms with van der Waals surface area (Å²) in [6.07, 6.45) is 0. The first-order valence-corrected chi connectivity index (χ1v) is 8.08. The van der Waals surface area contributed by atoms with Gasteiger partial charge in [-0.05, 0) is 40.6 Å². The van der Waals surface area contributed by atoms with Crippen molar-refractivity contribution in [2.24, 2.45) is 0 Å². The van der Waals surface area contributed by atoms with E-state index >= 15 is 0 Å². The molecule has 0 aromatic heterocycles. The second-order valence-electron chi connectivity index (χ2n) is 5.58. The molecule has 0 amide bonds. The molecule has 26 heavy (non-hydrogen) atoms. The van der Waals surface area contributed by atoms with Gasteiger partial charge < -0.3 is 19.5 Å². The molecular formula is C21H21NO4. The van der Waals surface area contributed by atoms with Crippen LogP contribution in [0.4, 0.5) is 5.69 Å². The van der Waals surface area contributed by atoms with Crippen LogP contribution in [0.15, 0.2) is 60.7 Å². The van der Waals surface area contributed by atoms with E-state index in [-0.39, 0.29) is 0 Å². The van der Waals surface area contributed by atoms with Crippen molar-refractivity contribution in [1.82, 2.24) is 0 Å². The summed E-state index contributed by atoms with van der Waals surface area (Å²) in [7, 11) is 2.72. The minimum absolute atomic E-state index is 0.304. The van der Waals surface area contributed by atoms with Crippen LogP contribution in [0.25, 0.3) is 10.8 Å². The van der Waals surface area contributed by atoms with Crippen molar-refractivity contribution in [2.75, 3.05) is 26.0 Å². The lowest BCUT2D eigenvalue weighted by atomic mass is 10.1. The molecule has 0 aliphatic rings. The molecule has 3 aromatic carbocycles. The molecule has 3 rings (SSSR count). The van der Waals surface area contributed by atoms with Crippen LogP contribution in [0.3, 0.4) is 0 Å². The average Bonchev–Trinajstić information content (AvgIpc) is 2.71. The Morgan fingerprint density at radius 3 is 2.58 bits per heavy atom. The SMILES string of the molecule is [2H]C([2H])(Nc1cc2cc(OC)ccc2cc1OCc1ccccc1)C(=O)OC. The summed E-state index contributed by atoms with van der Waals surface area (Å²) in [4.78, 5) is 11.8. The van der Waals surface area contributed by atoms with E-state index in [2.05, 4.69) is 10.1 Å². The van der Waals surface area contributed by atoms with Crippen LogP contribution in [-0.2, 0) is 16.1 Å². The third kappa shape index (κ3) is 4.25.